The predicted molar refractivity (Wildman–Crippen MR) is 75.0 cm³/mol. The number of ether oxygens (including phenoxy) is 1. The smallest absolute Gasteiger partial charge is 0.171 e. The van der Waals surface area contributed by atoms with E-state index in [1.54, 1.807) is 10.7 Å². The Morgan fingerprint density at radius 1 is 1.26 bits per heavy atom. The van der Waals surface area contributed by atoms with Gasteiger partial charge in [0.25, 0.3) is 0 Å². The van der Waals surface area contributed by atoms with Crippen LogP contribution in [0, 0.1) is 26.2 Å². The van der Waals surface area contributed by atoms with Crippen LogP contribution in [0.4, 0.5) is 0 Å². The lowest BCUT2D eigenvalue weighted by atomic mass is 10.1. The van der Waals surface area contributed by atoms with Gasteiger partial charge < -0.3 is 10.5 Å². The standard InChI is InChI=1S/C14H18N4O/c1-8-6-5-7-11(14(15)16)12(8)19-13-9(2)17-18(4)10(13)3/h5-7H,1-4H3,(H3,15,16). The molecule has 3 N–H and O–H groups in total. The molecule has 5 nitrogen and oxygen atoms in total. The topological polar surface area (TPSA) is 76.9 Å². The molecule has 0 saturated carbocycles. The van der Waals surface area contributed by atoms with Gasteiger partial charge in [-0.25, -0.2) is 0 Å². The van der Waals surface area contributed by atoms with Gasteiger partial charge in [0, 0.05) is 7.05 Å². The Labute approximate surface area is 112 Å². The maximum absolute atomic E-state index is 7.63. The first kappa shape index (κ1) is 13.1. The summed E-state index contributed by atoms with van der Waals surface area (Å²) in [6, 6.07) is 5.58. The van der Waals surface area contributed by atoms with Gasteiger partial charge in [-0.05, 0) is 32.4 Å². The number of aromatic nitrogens is 2. The minimum atomic E-state index is -0.00195. The van der Waals surface area contributed by atoms with Gasteiger partial charge in [-0.15, -0.1) is 0 Å². The van der Waals surface area contributed by atoms with Gasteiger partial charge >= 0.3 is 0 Å². The van der Waals surface area contributed by atoms with E-state index in [0.717, 1.165) is 22.7 Å². The number of nitrogens with one attached hydrogen (secondary N) is 1. The highest BCUT2D eigenvalue weighted by Crippen LogP contribution is 2.32. The van der Waals surface area contributed by atoms with Gasteiger partial charge in [0.05, 0.1) is 11.3 Å². The Morgan fingerprint density at radius 3 is 2.47 bits per heavy atom. The second kappa shape index (κ2) is 4.76. The van der Waals surface area contributed by atoms with E-state index in [9.17, 15) is 0 Å². The van der Waals surface area contributed by atoms with Gasteiger partial charge in [0.2, 0.25) is 0 Å². The summed E-state index contributed by atoms with van der Waals surface area (Å²) in [4.78, 5) is 0. The van der Waals surface area contributed by atoms with E-state index >= 15 is 0 Å². The molecular weight excluding hydrogens is 240 g/mol. The van der Waals surface area contributed by atoms with Crippen molar-refractivity contribution in [2.75, 3.05) is 0 Å². The van der Waals surface area contributed by atoms with Crippen molar-refractivity contribution in [3.8, 4) is 11.5 Å². The highest BCUT2D eigenvalue weighted by molar-refractivity contribution is 5.98. The first-order chi connectivity index (χ1) is 8.91. The van der Waals surface area contributed by atoms with Crippen LogP contribution in [0.2, 0.25) is 0 Å². The predicted octanol–water partition coefficient (Wildman–Crippen LogP) is 2.42. The number of benzene rings is 1. The molecular formula is C14H18N4O. The van der Waals surface area contributed by atoms with E-state index in [1.807, 2.05) is 40.0 Å². The summed E-state index contributed by atoms with van der Waals surface area (Å²) in [7, 11) is 1.87. The maximum atomic E-state index is 7.63. The lowest BCUT2D eigenvalue weighted by Gasteiger charge is -2.13. The van der Waals surface area contributed by atoms with Crippen LogP contribution in [-0.2, 0) is 7.05 Å². The molecule has 0 aliphatic rings. The highest BCUT2D eigenvalue weighted by Gasteiger charge is 2.16. The Morgan fingerprint density at radius 2 is 1.95 bits per heavy atom. The summed E-state index contributed by atoms with van der Waals surface area (Å²) in [5.74, 6) is 1.34. The van der Waals surface area contributed by atoms with Crippen molar-refractivity contribution in [2.45, 2.75) is 20.8 Å². The SMILES string of the molecule is Cc1cccc(C(=N)N)c1Oc1c(C)nn(C)c1C. The normalized spacial score (nSPS) is 10.5. The zero-order valence-corrected chi connectivity index (χ0v) is 11.6. The second-order valence-electron chi connectivity index (χ2n) is 4.59. The average Bonchev–Trinajstić information content (AvgIpc) is 2.57. The maximum Gasteiger partial charge on any atom is 0.171 e. The molecule has 100 valence electrons. The minimum absolute atomic E-state index is 0.00195. The van der Waals surface area contributed by atoms with Gasteiger partial charge in [-0.2, -0.15) is 5.10 Å². The molecule has 2 rings (SSSR count). The van der Waals surface area contributed by atoms with Crippen molar-refractivity contribution >= 4 is 5.84 Å². The first-order valence-electron chi connectivity index (χ1n) is 6.04. The molecule has 19 heavy (non-hydrogen) atoms. The zero-order chi connectivity index (χ0) is 14.2. The molecule has 0 atom stereocenters. The third-order valence-corrected chi connectivity index (χ3v) is 3.15. The number of hydrogen-bond acceptors (Lipinski definition) is 3. The summed E-state index contributed by atoms with van der Waals surface area (Å²) in [6.07, 6.45) is 0. The van der Waals surface area contributed by atoms with Gasteiger partial charge in [-0.3, -0.25) is 10.1 Å². The molecule has 0 saturated heterocycles. The third-order valence-electron chi connectivity index (χ3n) is 3.15. The van der Waals surface area contributed by atoms with Crippen LogP contribution in [0.1, 0.15) is 22.5 Å². The van der Waals surface area contributed by atoms with Crippen LogP contribution >= 0.6 is 0 Å². The minimum Gasteiger partial charge on any atom is -0.452 e. The van der Waals surface area contributed by atoms with Crippen molar-refractivity contribution in [3.63, 3.8) is 0 Å². The lowest BCUT2D eigenvalue weighted by molar-refractivity contribution is 0.469. The molecule has 0 bridgehead atoms. The monoisotopic (exact) mass is 258 g/mol. The number of nitrogens with zero attached hydrogens (tertiary/aromatic N) is 2. The van der Waals surface area contributed by atoms with E-state index in [0.29, 0.717) is 11.3 Å². The zero-order valence-electron chi connectivity index (χ0n) is 11.6. The van der Waals surface area contributed by atoms with Crippen molar-refractivity contribution in [1.29, 1.82) is 5.41 Å². The number of para-hydroxylation sites is 1. The third kappa shape index (κ3) is 2.31. The molecule has 0 radical (unpaired) electrons. The molecule has 0 fully saturated rings. The molecule has 1 aromatic heterocycles. The summed E-state index contributed by atoms with van der Waals surface area (Å²) in [5, 5.41) is 11.9. The molecule has 0 aliphatic carbocycles. The Hall–Kier alpha value is -2.30. The van der Waals surface area contributed by atoms with Crippen molar-refractivity contribution < 1.29 is 4.74 Å². The van der Waals surface area contributed by atoms with Crippen LogP contribution in [-0.4, -0.2) is 15.6 Å². The number of rotatable bonds is 3. The number of aryl methyl sites for hydroxylation is 3. The fourth-order valence-corrected chi connectivity index (χ4v) is 2.00. The van der Waals surface area contributed by atoms with Gasteiger partial charge in [0.1, 0.15) is 17.3 Å². The molecule has 0 spiro atoms. The van der Waals surface area contributed by atoms with Crippen LogP contribution < -0.4 is 10.5 Å². The number of nitrogen functional groups attached to an aromatic ring is 1. The number of hydrogen-bond donors (Lipinski definition) is 2. The summed E-state index contributed by atoms with van der Waals surface area (Å²) in [5.41, 5.74) is 8.90. The van der Waals surface area contributed by atoms with Gasteiger partial charge in [-0.1, -0.05) is 12.1 Å². The average molecular weight is 258 g/mol. The largest absolute Gasteiger partial charge is 0.452 e. The summed E-state index contributed by atoms with van der Waals surface area (Å²) in [6.45, 7) is 5.78. The molecule has 2 aromatic rings. The Balaban J connectivity index is 2.52. The fraction of sp³-hybridized carbons (Fsp3) is 0.286. The van der Waals surface area contributed by atoms with E-state index in [2.05, 4.69) is 5.10 Å². The van der Waals surface area contributed by atoms with E-state index in [4.69, 9.17) is 15.9 Å². The van der Waals surface area contributed by atoms with E-state index in [-0.39, 0.29) is 5.84 Å². The molecule has 0 amide bonds. The van der Waals surface area contributed by atoms with Crippen LogP contribution in [0.3, 0.4) is 0 Å². The molecule has 0 aliphatic heterocycles. The van der Waals surface area contributed by atoms with Crippen LogP contribution in [0.15, 0.2) is 18.2 Å². The fourth-order valence-electron chi connectivity index (χ4n) is 2.00. The van der Waals surface area contributed by atoms with E-state index < -0.39 is 0 Å². The Kier molecular flexibility index (Phi) is 3.29. The Bertz CT molecular complexity index is 643. The number of nitrogens with two attached hydrogens (primary N) is 1. The van der Waals surface area contributed by atoms with E-state index in [1.165, 1.54) is 0 Å². The molecule has 1 heterocycles. The second-order valence-corrected chi connectivity index (χ2v) is 4.59. The van der Waals surface area contributed by atoms with Gasteiger partial charge in [0.15, 0.2) is 5.75 Å². The molecule has 5 heteroatoms. The van der Waals surface area contributed by atoms with Crippen molar-refractivity contribution in [2.24, 2.45) is 12.8 Å². The van der Waals surface area contributed by atoms with Crippen molar-refractivity contribution in [3.05, 3.63) is 40.7 Å². The highest BCUT2D eigenvalue weighted by atomic mass is 16.5. The number of amidine groups is 1. The van der Waals surface area contributed by atoms with Crippen LogP contribution in [0.5, 0.6) is 11.5 Å². The first-order valence-corrected chi connectivity index (χ1v) is 6.04. The van der Waals surface area contributed by atoms with Crippen LogP contribution in [0.25, 0.3) is 0 Å². The quantitative estimate of drug-likeness (QED) is 0.655. The molecule has 0 unspecified atom stereocenters. The lowest BCUT2D eigenvalue weighted by Crippen LogP contribution is -2.13. The summed E-state index contributed by atoms with van der Waals surface area (Å²) < 4.78 is 7.75. The van der Waals surface area contributed by atoms with Crippen molar-refractivity contribution in [1.82, 2.24) is 9.78 Å². The molecule has 1 aromatic carbocycles. The summed E-state index contributed by atoms with van der Waals surface area (Å²) >= 11 is 0.